The fraction of sp³-hybridized carbons (Fsp3) is 0.375. The van der Waals surface area contributed by atoms with Gasteiger partial charge in [-0.25, -0.2) is 9.18 Å². The molecule has 1 saturated carbocycles. The Kier molecular flexibility index (Phi) is 9.57. The molecular weight excluding hydrogens is 454 g/mol. The van der Waals surface area contributed by atoms with Crippen LogP contribution in [0.2, 0.25) is 0 Å². The first-order valence-corrected chi connectivity index (χ1v) is 10.6. The Labute approximate surface area is 194 Å². The molecule has 2 aromatic rings. The molecule has 0 radical (unpaired) electrons. The summed E-state index contributed by atoms with van der Waals surface area (Å²) >= 11 is 0. The lowest BCUT2D eigenvalue weighted by Crippen LogP contribution is -2.37. The predicted octanol–water partition coefficient (Wildman–Crippen LogP) is 4.39. The predicted molar refractivity (Wildman–Crippen MR) is 117 cm³/mol. The summed E-state index contributed by atoms with van der Waals surface area (Å²) in [5, 5.41) is 22.2. The second-order valence-electron chi connectivity index (χ2n) is 7.85. The largest absolute Gasteiger partial charge is 0.490 e. The van der Waals surface area contributed by atoms with Gasteiger partial charge in [0.25, 0.3) is 0 Å². The standard InChI is InChI=1S/C22H24FN3O.C2HF3O2/c1-25-20-9-6-17(7-10-20)22(27)26-14-19-12-18(8-11-21(19)23)16-4-2-15(13-24)3-5-16;3-2(4,5)1(6)7/h2-5,8,11-12,17,20,25H,6-7,9-10,14H2,1H3,(H,26,27);(H,6,7). The van der Waals surface area contributed by atoms with E-state index in [-0.39, 0.29) is 24.2 Å². The Morgan fingerprint density at radius 2 is 1.62 bits per heavy atom. The Morgan fingerprint density at radius 3 is 2.12 bits per heavy atom. The van der Waals surface area contributed by atoms with Crippen LogP contribution < -0.4 is 10.6 Å². The fourth-order valence-corrected chi connectivity index (χ4v) is 3.60. The zero-order valence-electron chi connectivity index (χ0n) is 18.5. The Balaban J connectivity index is 0.000000509. The molecule has 2 aromatic carbocycles. The van der Waals surface area contributed by atoms with Gasteiger partial charge in [-0.2, -0.15) is 18.4 Å². The minimum atomic E-state index is -5.08. The number of amides is 1. The van der Waals surface area contributed by atoms with Crippen molar-refractivity contribution >= 4 is 11.9 Å². The van der Waals surface area contributed by atoms with Crippen molar-refractivity contribution in [1.82, 2.24) is 10.6 Å². The van der Waals surface area contributed by atoms with Crippen molar-refractivity contribution in [1.29, 1.82) is 5.26 Å². The quantitative estimate of drug-likeness (QED) is 0.552. The van der Waals surface area contributed by atoms with Crippen molar-refractivity contribution in [3.8, 4) is 17.2 Å². The van der Waals surface area contributed by atoms with E-state index >= 15 is 0 Å². The third-order valence-electron chi connectivity index (χ3n) is 5.59. The zero-order chi connectivity index (χ0) is 25.3. The number of aliphatic carboxylic acids is 1. The van der Waals surface area contributed by atoms with E-state index in [1.54, 1.807) is 24.3 Å². The van der Waals surface area contributed by atoms with E-state index in [0.717, 1.165) is 36.8 Å². The van der Waals surface area contributed by atoms with Crippen LogP contribution in [0.1, 0.15) is 36.8 Å². The molecule has 0 atom stereocenters. The third kappa shape index (κ3) is 7.85. The number of carboxylic acid groups (broad SMARTS) is 1. The molecule has 0 unspecified atom stereocenters. The molecule has 10 heteroatoms. The summed E-state index contributed by atoms with van der Waals surface area (Å²) in [6, 6.07) is 14.6. The molecule has 0 aliphatic heterocycles. The number of carboxylic acids is 1. The number of rotatable bonds is 5. The lowest BCUT2D eigenvalue weighted by Gasteiger charge is -2.27. The molecule has 3 rings (SSSR count). The number of hydrogen-bond acceptors (Lipinski definition) is 4. The van der Waals surface area contributed by atoms with Gasteiger partial charge in [0, 0.05) is 24.1 Å². The van der Waals surface area contributed by atoms with Crippen LogP contribution in [0.25, 0.3) is 11.1 Å². The number of halogens is 4. The summed E-state index contributed by atoms with van der Waals surface area (Å²) < 4.78 is 45.9. The Morgan fingerprint density at radius 1 is 1.06 bits per heavy atom. The molecule has 0 saturated heterocycles. The number of alkyl halides is 3. The molecule has 3 N–H and O–H groups in total. The van der Waals surface area contributed by atoms with Crippen molar-refractivity contribution in [3.63, 3.8) is 0 Å². The molecule has 34 heavy (non-hydrogen) atoms. The number of carbonyl (C=O) groups is 2. The highest BCUT2D eigenvalue weighted by atomic mass is 19.4. The maximum Gasteiger partial charge on any atom is 0.490 e. The number of hydrogen-bond donors (Lipinski definition) is 3. The van der Waals surface area contributed by atoms with Crippen LogP contribution in [-0.2, 0) is 16.1 Å². The van der Waals surface area contributed by atoms with Crippen LogP contribution in [0.5, 0.6) is 0 Å². The first kappa shape index (κ1) is 26.8. The van der Waals surface area contributed by atoms with Crippen LogP contribution >= 0.6 is 0 Å². The summed E-state index contributed by atoms with van der Waals surface area (Å²) in [5.41, 5.74) is 2.82. The van der Waals surface area contributed by atoms with E-state index in [4.69, 9.17) is 15.2 Å². The van der Waals surface area contributed by atoms with Crippen LogP contribution in [0.4, 0.5) is 17.6 Å². The lowest BCUT2D eigenvalue weighted by atomic mass is 9.85. The molecular formula is C24H25F4N3O3. The van der Waals surface area contributed by atoms with Crippen molar-refractivity contribution in [2.45, 2.75) is 44.4 Å². The molecule has 1 amide bonds. The molecule has 1 fully saturated rings. The average Bonchev–Trinajstić information content (AvgIpc) is 2.83. The van der Waals surface area contributed by atoms with E-state index in [1.165, 1.54) is 6.07 Å². The van der Waals surface area contributed by atoms with Crippen molar-refractivity contribution < 1.29 is 32.3 Å². The maximum absolute atomic E-state index is 14.2. The van der Waals surface area contributed by atoms with Crippen molar-refractivity contribution in [2.24, 2.45) is 5.92 Å². The zero-order valence-corrected chi connectivity index (χ0v) is 18.5. The van der Waals surface area contributed by atoms with Crippen molar-refractivity contribution in [2.75, 3.05) is 7.05 Å². The van der Waals surface area contributed by atoms with Crippen LogP contribution in [0.3, 0.4) is 0 Å². The van der Waals surface area contributed by atoms with E-state index in [2.05, 4.69) is 16.7 Å². The van der Waals surface area contributed by atoms with Gasteiger partial charge in [-0.05, 0) is 68.1 Å². The lowest BCUT2D eigenvalue weighted by molar-refractivity contribution is -0.192. The normalized spacial score (nSPS) is 17.6. The second-order valence-corrected chi connectivity index (χ2v) is 7.85. The van der Waals surface area contributed by atoms with E-state index < -0.39 is 12.1 Å². The summed E-state index contributed by atoms with van der Waals surface area (Å²) in [7, 11) is 1.95. The second kappa shape index (κ2) is 12.1. The molecule has 0 bridgehead atoms. The Bertz CT molecular complexity index is 1030. The minimum Gasteiger partial charge on any atom is -0.475 e. The van der Waals surface area contributed by atoms with E-state index in [0.29, 0.717) is 17.2 Å². The smallest absolute Gasteiger partial charge is 0.475 e. The monoisotopic (exact) mass is 479 g/mol. The highest BCUT2D eigenvalue weighted by Crippen LogP contribution is 2.25. The molecule has 0 aromatic heterocycles. The molecule has 6 nitrogen and oxygen atoms in total. The van der Waals surface area contributed by atoms with Crippen molar-refractivity contribution in [3.05, 3.63) is 59.4 Å². The number of carbonyl (C=O) groups excluding carboxylic acids is 1. The van der Waals surface area contributed by atoms with Gasteiger partial charge in [0.2, 0.25) is 5.91 Å². The number of nitriles is 1. The first-order chi connectivity index (χ1) is 16.0. The van der Waals surface area contributed by atoms with E-state index in [9.17, 15) is 22.4 Å². The fourth-order valence-electron chi connectivity index (χ4n) is 3.60. The average molecular weight is 479 g/mol. The number of benzene rings is 2. The van der Waals surface area contributed by atoms with Gasteiger partial charge in [0.05, 0.1) is 11.6 Å². The molecule has 1 aliphatic carbocycles. The van der Waals surface area contributed by atoms with Gasteiger partial charge in [-0.15, -0.1) is 0 Å². The van der Waals surface area contributed by atoms with Gasteiger partial charge >= 0.3 is 12.1 Å². The van der Waals surface area contributed by atoms with Gasteiger partial charge in [-0.3, -0.25) is 4.79 Å². The summed E-state index contributed by atoms with van der Waals surface area (Å²) in [4.78, 5) is 21.3. The van der Waals surface area contributed by atoms with Gasteiger partial charge < -0.3 is 15.7 Å². The molecule has 0 heterocycles. The van der Waals surface area contributed by atoms with Crippen LogP contribution in [0, 0.1) is 23.1 Å². The summed E-state index contributed by atoms with van der Waals surface area (Å²) in [6.45, 7) is 0.181. The third-order valence-corrected chi connectivity index (χ3v) is 5.59. The Hall–Kier alpha value is -3.45. The van der Waals surface area contributed by atoms with Crippen LogP contribution in [0.15, 0.2) is 42.5 Å². The SMILES string of the molecule is CNC1CCC(C(=O)NCc2cc(-c3ccc(C#N)cc3)ccc2F)CC1.O=C(O)C(F)(F)F. The first-order valence-electron chi connectivity index (χ1n) is 10.6. The highest BCUT2D eigenvalue weighted by molar-refractivity contribution is 5.78. The van der Waals surface area contributed by atoms with Gasteiger partial charge in [-0.1, -0.05) is 18.2 Å². The molecule has 1 aliphatic rings. The summed E-state index contributed by atoms with van der Waals surface area (Å²) in [5.74, 6) is -3.06. The highest BCUT2D eigenvalue weighted by Gasteiger charge is 2.38. The van der Waals surface area contributed by atoms with Gasteiger partial charge in [0.15, 0.2) is 0 Å². The molecule has 182 valence electrons. The van der Waals surface area contributed by atoms with Gasteiger partial charge in [0.1, 0.15) is 5.82 Å². The van der Waals surface area contributed by atoms with Crippen LogP contribution in [-0.4, -0.2) is 36.2 Å². The minimum absolute atomic E-state index is 0.00716. The summed E-state index contributed by atoms with van der Waals surface area (Å²) in [6.07, 6.45) is -1.36. The topological polar surface area (TPSA) is 102 Å². The maximum atomic E-state index is 14.2. The van der Waals surface area contributed by atoms with E-state index in [1.807, 2.05) is 19.2 Å². The number of nitrogens with zero attached hydrogens (tertiary/aromatic N) is 1. The molecule has 0 spiro atoms. The number of nitrogens with one attached hydrogen (secondary N) is 2.